The van der Waals surface area contributed by atoms with E-state index in [2.05, 4.69) is 18.3 Å². The highest BCUT2D eigenvalue weighted by molar-refractivity contribution is 5.96. The third kappa shape index (κ3) is 1.90. The fourth-order valence-corrected chi connectivity index (χ4v) is 2.54. The molecule has 1 amide bonds. The SMILES string of the molecule is CCN(C(=O)c1ccc2c(c1)NCC2)C1CC1. The lowest BCUT2D eigenvalue weighted by Crippen LogP contribution is -2.32. The Bertz CT molecular complexity index is 452. The van der Waals surface area contributed by atoms with E-state index in [4.69, 9.17) is 0 Å². The highest BCUT2D eigenvalue weighted by Gasteiger charge is 2.32. The van der Waals surface area contributed by atoms with Crippen LogP contribution in [0.15, 0.2) is 18.2 Å². The second-order valence-electron chi connectivity index (χ2n) is 4.87. The number of nitrogens with zero attached hydrogens (tertiary/aromatic N) is 1. The molecule has 0 radical (unpaired) electrons. The van der Waals surface area contributed by atoms with Crippen molar-refractivity contribution in [1.82, 2.24) is 4.90 Å². The fraction of sp³-hybridized carbons (Fsp3) is 0.500. The Balaban J connectivity index is 1.85. The van der Waals surface area contributed by atoms with E-state index in [1.165, 1.54) is 18.4 Å². The van der Waals surface area contributed by atoms with Gasteiger partial charge in [0.2, 0.25) is 0 Å². The Labute approximate surface area is 102 Å². The predicted molar refractivity (Wildman–Crippen MR) is 68.4 cm³/mol. The van der Waals surface area contributed by atoms with Crippen LogP contribution in [0.25, 0.3) is 0 Å². The molecule has 3 rings (SSSR count). The quantitative estimate of drug-likeness (QED) is 0.864. The molecule has 90 valence electrons. The summed E-state index contributed by atoms with van der Waals surface area (Å²) in [7, 11) is 0. The first-order valence-corrected chi connectivity index (χ1v) is 6.47. The van der Waals surface area contributed by atoms with E-state index in [0.29, 0.717) is 6.04 Å². The summed E-state index contributed by atoms with van der Waals surface area (Å²) in [4.78, 5) is 14.4. The molecule has 0 spiro atoms. The van der Waals surface area contributed by atoms with Crippen LogP contribution in [-0.4, -0.2) is 29.9 Å². The van der Waals surface area contributed by atoms with Gasteiger partial charge in [0.25, 0.3) is 5.91 Å². The Kier molecular flexibility index (Phi) is 2.54. The summed E-state index contributed by atoms with van der Waals surface area (Å²) in [6, 6.07) is 6.56. The zero-order valence-electron chi connectivity index (χ0n) is 10.2. The Morgan fingerprint density at radius 2 is 2.29 bits per heavy atom. The first-order chi connectivity index (χ1) is 8.29. The molecule has 0 aromatic heterocycles. The average molecular weight is 230 g/mol. The van der Waals surface area contributed by atoms with Crippen molar-refractivity contribution in [1.29, 1.82) is 0 Å². The number of benzene rings is 1. The molecule has 0 unspecified atom stereocenters. The molecule has 17 heavy (non-hydrogen) atoms. The Hall–Kier alpha value is -1.51. The lowest BCUT2D eigenvalue weighted by Gasteiger charge is -2.20. The second kappa shape index (κ2) is 4.06. The van der Waals surface area contributed by atoms with Crippen molar-refractivity contribution in [2.45, 2.75) is 32.2 Å². The summed E-state index contributed by atoms with van der Waals surface area (Å²) in [5.41, 5.74) is 3.30. The number of fused-ring (bicyclic) bond motifs is 1. The normalized spacial score (nSPS) is 17.5. The Morgan fingerprint density at radius 1 is 1.47 bits per heavy atom. The smallest absolute Gasteiger partial charge is 0.254 e. The number of carbonyl (C=O) groups is 1. The van der Waals surface area contributed by atoms with Crippen molar-refractivity contribution in [3.8, 4) is 0 Å². The van der Waals surface area contributed by atoms with E-state index in [1.807, 2.05) is 17.0 Å². The first kappa shape index (κ1) is 10.6. The zero-order chi connectivity index (χ0) is 11.8. The van der Waals surface area contributed by atoms with Gasteiger partial charge in [0.1, 0.15) is 0 Å². The van der Waals surface area contributed by atoms with E-state index in [0.717, 1.165) is 30.8 Å². The van der Waals surface area contributed by atoms with E-state index in [9.17, 15) is 4.79 Å². The first-order valence-electron chi connectivity index (χ1n) is 6.47. The molecule has 1 N–H and O–H groups in total. The molecule has 1 aromatic rings. The molecule has 3 heteroatoms. The number of amides is 1. The predicted octanol–water partition coefficient (Wildman–Crippen LogP) is 2.28. The van der Waals surface area contributed by atoms with Gasteiger partial charge in [-0.3, -0.25) is 4.79 Å². The third-order valence-electron chi connectivity index (χ3n) is 3.66. The summed E-state index contributed by atoms with van der Waals surface area (Å²) in [6.07, 6.45) is 3.41. The second-order valence-corrected chi connectivity index (χ2v) is 4.87. The molecule has 1 aromatic carbocycles. The highest BCUT2D eigenvalue weighted by Crippen LogP contribution is 2.29. The number of hydrogen-bond acceptors (Lipinski definition) is 2. The summed E-state index contributed by atoms with van der Waals surface area (Å²) >= 11 is 0. The van der Waals surface area contributed by atoms with Gasteiger partial charge in [-0.25, -0.2) is 0 Å². The van der Waals surface area contributed by atoms with Gasteiger partial charge in [-0.15, -0.1) is 0 Å². The van der Waals surface area contributed by atoms with Gasteiger partial charge >= 0.3 is 0 Å². The van der Waals surface area contributed by atoms with Gasteiger partial charge in [-0.2, -0.15) is 0 Å². The van der Waals surface area contributed by atoms with E-state index >= 15 is 0 Å². The van der Waals surface area contributed by atoms with E-state index < -0.39 is 0 Å². The maximum atomic E-state index is 12.4. The van der Waals surface area contributed by atoms with Crippen LogP contribution in [0.5, 0.6) is 0 Å². The van der Waals surface area contributed by atoms with Crippen LogP contribution in [0.3, 0.4) is 0 Å². The molecule has 2 aliphatic rings. The molecule has 1 aliphatic heterocycles. The summed E-state index contributed by atoms with van der Waals surface area (Å²) in [6.45, 7) is 3.86. The van der Waals surface area contributed by atoms with Crippen molar-refractivity contribution in [2.75, 3.05) is 18.4 Å². The molecular weight excluding hydrogens is 212 g/mol. The van der Waals surface area contributed by atoms with Gasteiger partial charge in [-0.1, -0.05) is 6.07 Å². The number of nitrogens with one attached hydrogen (secondary N) is 1. The van der Waals surface area contributed by atoms with Gasteiger partial charge in [-0.05, 0) is 43.9 Å². The van der Waals surface area contributed by atoms with Crippen LogP contribution < -0.4 is 5.32 Å². The number of anilines is 1. The van der Waals surface area contributed by atoms with Crippen molar-refractivity contribution >= 4 is 11.6 Å². The van der Waals surface area contributed by atoms with Gasteiger partial charge < -0.3 is 10.2 Å². The minimum atomic E-state index is 0.187. The molecule has 1 heterocycles. The van der Waals surface area contributed by atoms with Crippen molar-refractivity contribution in [2.24, 2.45) is 0 Å². The maximum absolute atomic E-state index is 12.4. The molecule has 1 saturated carbocycles. The summed E-state index contributed by atoms with van der Waals surface area (Å²) in [5, 5.41) is 3.33. The van der Waals surface area contributed by atoms with Gasteiger partial charge in [0, 0.05) is 30.4 Å². The maximum Gasteiger partial charge on any atom is 0.254 e. The molecular formula is C14H18N2O. The topological polar surface area (TPSA) is 32.3 Å². The van der Waals surface area contributed by atoms with Crippen LogP contribution in [0, 0.1) is 0 Å². The van der Waals surface area contributed by atoms with Crippen LogP contribution in [-0.2, 0) is 6.42 Å². The lowest BCUT2D eigenvalue weighted by molar-refractivity contribution is 0.0752. The monoisotopic (exact) mass is 230 g/mol. The number of carbonyl (C=O) groups excluding carboxylic acids is 1. The van der Waals surface area contributed by atoms with Crippen molar-refractivity contribution < 1.29 is 4.79 Å². The fourth-order valence-electron chi connectivity index (χ4n) is 2.54. The minimum absolute atomic E-state index is 0.187. The molecule has 0 saturated heterocycles. The lowest BCUT2D eigenvalue weighted by atomic mass is 10.1. The summed E-state index contributed by atoms with van der Waals surface area (Å²) in [5.74, 6) is 0.187. The highest BCUT2D eigenvalue weighted by atomic mass is 16.2. The van der Waals surface area contributed by atoms with Crippen molar-refractivity contribution in [3.05, 3.63) is 29.3 Å². The number of rotatable bonds is 3. The zero-order valence-corrected chi connectivity index (χ0v) is 10.2. The third-order valence-corrected chi connectivity index (χ3v) is 3.66. The molecule has 1 aliphatic carbocycles. The Morgan fingerprint density at radius 3 is 3.00 bits per heavy atom. The average Bonchev–Trinajstić information content (AvgIpc) is 3.07. The van der Waals surface area contributed by atoms with E-state index in [1.54, 1.807) is 0 Å². The molecule has 1 fully saturated rings. The van der Waals surface area contributed by atoms with Crippen LogP contribution in [0.4, 0.5) is 5.69 Å². The van der Waals surface area contributed by atoms with Gasteiger partial charge in [0.15, 0.2) is 0 Å². The number of hydrogen-bond donors (Lipinski definition) is 1. The standard InChI is InChI=1S/C14H18N2O/c1-2-16(12-5-6-12)14(17)11-4-3-10-7-8-15-13(10)9-11/h3-4,9,12,15H,2,5-8H2,1H3. The largest absolute Gasteiger partial charge is 0.384 e. The van der Waals surface area contributed by atoms with Crippen molar-refractivity contribution in [3.63, 3.8) is 0 Å². The van der Waals surface area contributed by atoms with Gasteiger partial charge in [0.05, 0.1) is 0 Å². The summed E-state index contributed by atoms with van der Waals surface area (Å²) < 4.78 is 0. The molecule has 3 nitrogen and oxygen atoms in total. The van der Waals surface area contributed by atoms with Crippen LogP contribution in [0.2, 0.25) is 0 Å². The van der Waals surface area contributed by atoms with Crippen LogP contribution >= 0.6 is 0 Å². The minimum Gasteiger partial charge on any atom is -0.384 e. The van der Waals surface area contributed by atoms with Crippen LogP contribution in [0.1, 0.15) is 35.7 Å². The molecule has 0 bridgehead atoms. The molecule has 0 atom stereocenters. The van der Waals surface area contributed by atoms with E-state index in [-0.39, 0.29) is 5.91 Å².